The number of rotatable bonds is 10. The van der Waals surface area contributed by atoms with E-state index >= 15 is 0 Å². The lowest BCUT2D eigenvalue weighted by molar-refractivity contribution is 0.0946. The average molecular weight is 427 g/mol. The minimum Gasteiger partial charge on any atom is -0.490 e. The highest BCUT2D eigenvalue weighted by Gasteiger charge is 2.15. The standard InChI is InChI=1S/C24H30N2O3S/c1-5-28-21-8-7-18(15-22(21)29-6-2)9-12-25-24(27)20-16-23-19(11-14-30-23)26(20)13-10-17(3)4/h7-8,10-11,14-16H,5-6,9,12-13H2,1-4H3,(H,25,27). The van der Waals surface area contributed by atoms with Gasteiger partial charge in [-0.2, -0.15) is 0 Å². The van der Waals surface area contributed by atoms with Crippen LogP contribution in [-0.4, -0.2) is 30.2 Å². The summed E-state index contributed by atoms with van der Waals surface area (Å²) in [5, 5.41) is 5.13. The summed E-state index contributed by atoms with van der Waals surface area (Å²) in [4.78, 5) is 12.9. The van der Waals surface area contributed by atoms with Crippen LogP contribution in [0.4, 0.5) is 0 Å². The van der Waals surface area contributed by atoms with E-state index in [-0.39, 0.29) is 5.91 Å². The van der Waals surface area contributed by atoms with E-state index in [9.17, 15) is 4.79 Å². The van der Waals surface area contributed by atoms with Gasteiger partial charge >= 0.3 is 0 Å². The van der Waals surface area contributed by atoms with Crippen LogP contribution in [0.2, 0.25) is 0 Å². The topological polar surface area (TPSA) is 52.5 Å². The third-order valence-electron chi connectivity index (χ3n) is 4.74. The molecule has 0 unspecified atom stereocenters. The van der Waals surface area contributed by atoms with Gasteiger partial charge in [0, 0.05) is 13.1 Å². The van der Waals surface area contributed by atoms with Crippen molar-refractivity contribution in [3.05, 3.63) is 58.6 Å². The van der Waals surface area contributed by atoms with Crippen molar-refractivity contribution in [3.63, 3.8) is 0 Å². The molecule has 0 aliphatic heterocycles. The zero-order chi connectivity index (χ0) is 21.5. The van der Waals surface area contributed by atoms with E-state index in [0.717, 1.165) is 33.7 Å². The van der Waals surface area contributed by atoms with Crippen LogP contribution < -0.4 is 14.8 Å². The van der Waals surface area contributed by atoms with Gasteiger partial charge in [0.1, 0.15) is 5.69 Å². The highest BCUT2D eigenvalue weighted by atomic mass is 32.1. The molecular weight excluding hydrogens is 396 g/mol. The van der Waals surface area contributed by atoms with Crippen molar-refractivity contribution in [2.45, 2.75) is 40.7 Å². The molecule has 2 heterocycles. The molecule has 0 saturated heterocycles. The third-order valence-corrected chi connectivity index (χ3v) is 5.60. The van der Waals surface area contributed by atoms with Crippen molar-refractivity contribution in [1.82, 2.24) is 9.88 Å². The molecule has 3 rings (SSSR count). The van der Waals surface area contributed by atoms with E-state index in [1.807, 2.05) is 38.1 Å². The third kappa shape index (κ3) is 5.25. The van der Waals surface area contributed by atoms with Gasteiger partial charge in [-0.15, -0.1) is 11.3 Å². The lowest BCUT2D eigenvalue weighted by Gasteiger charge is -2.13. The van der Waals surface area contributed by atoms with Crippen molar-refractivity contribution >= 4 is 27.5 Å². The Hall–Kier alpha value is -2.73. The summed E-state index contributed by atoms with van der Waals surface area (Å²) in [5.41, 5.74) is 4.15. The number of nitrogens with one attached hydrogen (secondary N) is 1. The molecule has 1 amide bonds. The first kappa shape index (κ1) is 22.0. The minimum atomic E-state index is -0.0449. The van der Waals surface area contributed by atoms with Crippen molar-refractivity contribution in [1.29, 1.82) is 0 Å². The van der Waals surface area contributed by atoms with E-state index in [1.54, 1.807) is 11.3 Å². The highest BCUT2D eigenvalue weighted by Crippen LogP contribution is 2.29. The molecule has 5 nitrogen and oxygen atoms in total. The molecule has 0 aliphatic rings. The maximum atomic E-state index is 12.9. The number of carbonyl (C=O) groups is 1. The number of amides is 1. The molecule has 6 heteroatoms. The van der Waals surface area contributed by atoms with Crippen LogP contribution in [0.3, 0.4) is 0 Å². The van der Waals surface area contributed by atoms with Crippen molar-refractivity contribution < 1.29 is 14.3 Å². The largest absolute Gasteiger partial charge is 0.490 e. The number of hydrogen-bond acceptors (Lipinski definition) is 4. The van der Waals surface area contributed by atoms with Gasteiger partial charge in [-0.1, -0.05) is 17.7 Å². The van der Waals surface area contributed by atoms with Crippen molar-refractivity contribution in [2.75, 3.05) is 19.8 Å². The predicted octanol–water partition coefficient (Wildman–Crippen LogP) is 5.44. The predicted molar refractivity (Wildman–Crippen MR) is 124 cm³/mol. The minimum absolute atomic E-state index is 0.0449. The fraction of sp³-hybridized carbons (Fsp3) is 0.375. The molecule has 0 spiro atoms. The number of benzene rings is 1. The van der Waals surface area contributed by atoms with Crippen LogP contribution in [0.25, 0.3) is 10.2 Å². The molecule has 0 aliphatic carbocycles. The lowest BCUT2D eigenvalue weighted by Crippen LogP contribution is -2.27. The van der Waals surface area contributed by atoms with Crippen molar-refractivity contribution in [2.24, 2.45) is 0 Å². The summed E-state index contributed by atoms with van der Waals surface area (Å²) in [6.07, 6.45) is 2.87. The van der Waals surface area contributed by atoms with Gasteiger partial charge in [0.15, 0.2) is 11.5 Å². The zero-order valence-electron chi connectivity index (χ0n) is 18.2. The second-order valence-corrected chi connectivity index (χ2v) is 8.19. The summed E-state index contributed by atoms with van der Waals surface area (Å²) >= 11 is 1.66. The van der Waals surface area contributed by atoms with E-state index < -0.39 is 0 Å². The van der Waals surface area contributed by atoms with E-state index in [2.05, 4.69) is 41.3 Å². The number of hydrogen-bond donors (Lipinski definition) is 1. The smallest absolute Gasteiger partial charge is 0.267 e. The second kappa shape index (κ2) is 10.3. The lowest BCUT2D eigenvalue weighted by atomic mass is 10.1. The first-order chi connectivity index (χ1) is 14.5. The molecule has 0 atom stereocenters. The Morgan fingerprint density at radius 1 is 1.10 bits per heavy atom. The average Bonchev–Trinajstić information content (AvgIpc) is 3.30. The normalized spacial score (nSPS) is 10.8. The maximum absolute atomic E-state index is 12.9. The Balaban J connectivity index is 1.68. The molecule has 1 N–H and O–H groups in total. The summed E-state index contributed by atoms with van der Waals surface area (Å²) in [7, 11) is 0. The summed E-state index contributed by atoms with van der Waals surface area (Å²) in [5.74, 6) is 1.46. The molecule has 2 aromatic heterocycles. The second-order valence-electron chi connectivity index (χ2n) is 7.24. The van der Waals surface area contributed by atoms with E-state index in [1.165, 1.54) is 5.57 Å². The summed E-state index contributed by atoms with van der Waals surface area (Å²) in [6.45, 7) is 10.5. The SMILES string of the molecule is CCOc1ccc(CCNC(=O)c2cc3sccc3n2CC=C(C)C)cc1OCC. The number of allylic oxidation sites excluding steroid dienone is 2. The van der Waals surface area contributed by atoms with E-state index in [0.29, 0.717) is 32.0 Å². The number of nitrogens with zero attached hydrogens (tertiary/aromatic N) is 1. The van der Waals surface area contributed by atoms with Gasteiger partial charge in [0.25, 0.3) is 5.91 Å². The van der Waals surface area contributed by atoms with Gasteiger partial charge in [0.05, 0.1) is 23.4 Å². The Bertz CT molecular complexity index is 1030. The molecule has 1 aromatic carbocycles. The number of aromatic nitrogens is 1. The maximum Gasteiger partial charge on any atom is 0.267 e. The number of fused-ring (bicyclic) bond motifs is 1. The monoisotopic (exact) mass is 426 g/mol. The molecule has 30 heavy (non-hydrogen) atoms. The molecular formula is C24H30N2O3S. The Labute approximate surface area is 182 Å². The quantitative estimate of drug-likeness (QED) is 0.439. The number of thiophene rings is 1. The molecule has 3 aromatic rings. The fourth-order valence-electron chi connectivity index (χ4n) is 3.30. The van der Waals surface area contributed by atoms with Gasteiger partial charge in [0.2, 0.25) is 0 Å². The van der Waals surface area contributed by atoms with Crippen molar-refractivity contribution in [3.8, 4) is 11.5 Å². The first-order valence-corrected chi connectivity index (χ1v) is 11.3. The fourth-order valence-corrected chi connectivity index (χ4v) is 4.12. The van der Waals surface area contributed by atoms with Crippen LogP contribution >= 0.6 is 11.3 Å². The molecule has 160 valence electrons. The molecule has 0 bridgehead atoms. The van der Waals surface area contributed by atoms with Gasteiger partial charge in [-0.3, -0.25) is 4.79 Å². The Morgan fingerprint density at radius 2 is 1.87 bits per heavy atom. The van der Waals surface area contributed by atoms with E-state index in [4.69, 9.17) is 9.47 Å². The Kier molecular flexibility index (Phi) is 7.57. The van der Waals surface area contributed by atoms with Crippen LogP contribution in [0, 0.1) is 0 Å². The molecule has 0 saturated carbocycles. The summed E-state index contributed by atoms with van der Waals surface area (Å²) in [6, 6.07) is 10.0. The van der Waals surface area contributed by atoms with Gasteiger partial charge in [-0.05, 0) is 69.3 Å². The first-order valence-electron chi connectivity index (χ1n) is 10.4. The zero-order valence-corrected chi connectivity index (χ0v) is 19.0. The summed E-state index contributed by atoms with van der Waals surface area (Å²) < 4.78 is 14.5. The van der Waals surface area contributed by atoms with Crippen LogP contribution in [-0.2, 0) is 13.0 Å². The molecule has 0 fully saturated rings. The number of ether oxygens (including phenoxy) is 2. The Morgan fingerprint density at radius 3 is 2.60 bits per heavy atom. The van der Waals surface area contributed by atoms with Gasteiger partial charge in [-0.25, -0.2) is 0 Å². The highest BCUT2D eigenvalue weighted by molar-refractivity contribution is 7.17. The van der Waals surface area contributed by atoms with Crippen LogP contribution in [0.5, 0.6) is 11.5 Å². The van der Waals surface area contributed by atoms with Crippen LogP contribution in [0.15, 0.2) is 47.4 Å². The number of carbonyl (C=O) groups excluding carboxylic acids is 1. The van der Waals surface area contributed by atoms with Gasteiger partial charge < -0.3 is 19.4 Å². The van der Waals surface area contributed by atoms with Crippen LogP contribution in [0.1, 0.15) is 43.7 Å². The molecule has 0 radical (unpaired) electrons.